The van der Waals surface area contributed by atoms with Gasteiger partial charge in [0.25, 0.3) is 0 Å². The summed E-state index contributed by atoms with van der Waals surface area (Å²) in [5.41, 5.74) is 1.19. The summed E-state index contributed by atoms with van der Waals surface area (Å²) < 4.78 is 5.11. The lowest BCUT2D eigenvalue weighted by Crippen LogP contribution is -2.44. The molecular formula is C13H16N2O3. The summed E-state index contributed by atoms with van der Waals surface area (Å²) in [7, 11) is 0. The van der Waals surface area contributed by atoms with Crippen LogP contribution in [0.15, 0.2) is 10.7 Å². The molecule has 2 N–H and O–H groups in total. The van der Waals surface area contributed by atoms with Crippen molar-refractivity contribution in [3.05, 3.63) is 12.0 Å². The minimum atomic E-state index is -0.199. The van der Waals surface area contributed by atoms with Crippen molar-refractivity contribution >= 4 is 23.6 Å². The molecule has 1 unspecified atom stereocenters. The molecule has 0 bridgehead atoms. The third kappa shape index (κ3) is 1.79. The van der Waals surface area contributed by atoms with Crippen molar-refractivity contribution in [2.75, 3.05) is 10.6 Å². The third-order valence-electron chi connectivity index (χ3n) is 3.89. The molecule has 96 valence electrons. The number of anilines is 2. The molecule has 0 aromatic carbocycles. The van der Waals surface area contributed by atoms with Crippen LogP contribution in [-0.2, 0) is 4.79 Å². The van der Waals surface area contributed by atoms with E-state index < -0.39 is 0 Å². The zero-order valence-electron chi connectivity index (χ0n) is 10.1. The number of furan rings is 1. The summed E-state index contributed by atoms with van der Waals surface area (Å²) >= 11 is 0. The summed E-state index contributed by atoms with van der Waals surface area (Å²) in [5, 5.41) is 5.99. The van der Waals surface area contributed by atoms with Gasteiger partial charge in [0.15, 0.2) is 12.0 Å². The van der Waals surface area contributed by atoms with Crippen molar-refractivity contribution in [2.45, 2.75) is 38.1 Å². The number of nitrogens with one attached hydrogen (secondary N) is 2. The van der Waals surface area contributed by atoms with Gasteiger partial charge >= 0.3 is 0 Å². The van der Waals surface area contributed by atoms with E-state index in [0.29, 0.717) is 23.6 Å². The summed E-state index contributed by atoms with van der Waals surface area (Å²) in [6.07, 6.45) is 7.91. The molecule has 0 radical (unpaired) electrons. The van der Waals surface area contributed by atoms with Crippen molar-refractivity contribution in [3.8, 4) is 0 Å². The van der Waals surface area contributed by atoms with Crippen molar-refractivity contribution in [1.82, 2.24) is 0 Å². The van der Waals surface area contributed by atoms with Gasteiger partial charge in [-0.15, -0.1) is 0 Å². The minimum absolute atomic E-state index is 0.0566. The van der Waals surface area contributed by atoms with Crippen LogP contribution in [0.1, 0.15) is 42.7 Å². The number of rotatable bonds is 2. The Morgan fingerprint density at radius 2 is 2.06 bits per heavy atom. The number of fused-ring (bicyclic) bond motifs is 1. The molecule has 0 saturated heterocycles. The van der Waals surface area contributed by atoms with Gasteiger partial charge in [-0.2, -0.15) is 0 Å². The molecular weight excluding hydrogens is 232 g/mol. The molecule has 1 aromatic rings. The predicted molar refractivity (Wildman–Crippen MR) is 66.7 cm³/mol. The first kappa shape index (κ1) is 11.3. The van der Waals surface area contributed by atoms with Crippen molar-refractivity contribution < 1.29 is 14.0 Å². The molecule has 0 spiro atoms. The second kappa shape index (κ2) is 4.48. The molecule has 3 rings (SSSR count). The number of hydrogen-bond donors (Lipinski definition) is 2. The van der Waals surface area contributed by atoms with Gasteiger partial charge in [0.1, 0.15) is 18.0 Å². The molecule has 1 aliphatic heterocycles. The topological polar surface area (TPSA) is 71.3 Å². The fourth-order valence-electron chi connectivity index (χ4n) is 2.93. The zero-order chi connectivity index (χ0) is 12.5. The van der Waals surface area contributed by atoms with Crippen LogP contribution in [0.25, 0.3) is 0 Å². The molecule has 1 fully saturated rings. The molecule has 1 saturated carbocycles. The number of carbonyl (C=O) groups is 2. The van der Waals surface area contributed by atoms with Crippen molar-refractivity contribution in [3.63, 3.8) is 0 Å². The predicted octanol–water partition coefficient (Wildman–Crippen LogP) is 2.41. The molecule has 2 aliphatic rings. The van der Waals surface area contributed by atoms with Crippen molar-refractivity contribution in [2.24, 2.45) is 5.92 Å². The molecule has 18 heavy (non-hydrogen) atoms. The second-order valence-electron chi connectivity index (χ2n) is 5.02. The average Bonchev–Trinajstić information content (AvgIpc) is 2.80. The van der Waals surface area contributed by atoms with Crippen LogP contribution in [0.4, 0.5) is 11.4 Å². The lowest BCUT2D eigenvalue weighted by molar-refractivity contribution is -0.118. The molecule has 2 heterocycles. The highest BCUT2D eigenvalue weighted by Crippen LogP contribution is 2.36. The first-order chi connectivity index (χ1) is 8.79. The smallest absolute Gasteiger partial charge is 0.247 e. The lowest BCUT2D eigenvalue weighted by Gasteiger charge is -2.33. The first-order valence-electron chi connectivity index (χ1n) is 6.43. The number of amides is 1. The number of aldehydes is 1. The van der Waals surface area contributed by atoms with Crippen LogP contribution in [0.3, 0.4) is 0 Å². The fraction of sp³-hybridized carbons (Fsp3) is 0.538. The van der Waals surface area contributed by atoms with Gasteiger partial charge in [-0.05, 0) is 18.8 Å². The third-order valence-corrected chi connectivity index (χ3v) is 3.89. The maximum Gasteiger partial charge on any atom is 0.247 e. The van der Waals surface area contributed by atoms with E-state index in [2.05, 4.69) is 10.6 Å². The van der Waals surface area contributed by atoms with Gasteiger partial charge < -0.3 is 15.1 Å². The van der Waals surface area contributed by atoms with Gasteiger partial charge in [0, 0.05) is 0 Å². The maximum atomic E-state index is 12.1. The number of hydrogen-bond acceptors (Lipinski definition) is 4. The Bertz CT molecular complexity index is 475. The van der Waals surface area contributed by atoms with E-state index in [9.17, 15) is 9.59 Å². The Balaban J connectivity index is 1.83. The van der Waals surface area contributed by atoms with E-state index >= 15 is 0 Å². The van der Waals surface area contributed by atoms with Crippen molar-refractivity contribution in [1.29, 1.82) is 0 Å². The molecule has 1 atom stereocenters. The normalized spacial score (nSPS) is 24.0. The summed E-state index contributed by atoms with van der Waals surface area (Å²) in [5.74, 6) is 0.494. The lowest BCUT2D eigenvalue weighted by atomic mass is 9.83. The molecule has 1 aliphatic carbocycles. The van der Waals surface area contributed by atoms with E-state index in [1.165, 1.54) is 25.5 Å². The molecule has 5 nitrogen and oxygen atoms in total. The van der Waals surface area contributed by atoms with Crippen LogP contribution in [0.5, 0.6) is 0 Å². The molecule has 5 heteroatoms. The van der Waals surface area contributed by atoms with Gasteiger partial charge in [-0.3, -0.25) is 9.59 Å². The van der Waals surface area contributed by atoms with Crippen LogP contribution >= 0.6 is 0 Å². The Morgan fingerprint density at radius 1 is 1.28 bits per heavy atom. The van der Waals surface area contributed by atoms with Gasteiger partial charge in [0.05, 0.1) is 5.69 Å². The van der Waals surface area contributed by atoms with E-state index in [-0.39, 0.29) is 17.7 Å². The van der Waals surface area contributed by atoms with E-state index in [4.69, 9.17) is 4.42 Å². The van der Waals surface area contributed by atoms with Gasteiger partial charge in [-0.25, -0.2) is 0 Å². The van der Waals surface area contributed by atoms with E-state index in [0.717, 1.165) is 12.8 Å². The van der Waals surface area contributed by atoms with Crippen LogP contribution in [-0.4, -0.2) is 18.2 Å². The van der Waals surface area contributed by atoms with E-state index in [1.54, 1.807) is 0 Å². The van der Waals surface area contributed by atoms with Crippen LogP contribution < -0.4 is 10.6 Å². The highest BCUT2D eigenvalue weighted by atomic mass is 16.3. The highest BCUT2D eigenvalue weighted by Gasteiger charge is 2.35. The minimum Gasteiger partial charge on any atom is -0.457 e. The van der Waals surface area contributed by atoms with Crippen LogP contribution in [0.2, 0.25) is 0 Å². The molecule has 1 aromatic heterocycles. The average molecular weight is 248 g/mol. The SMILES string of the molecule is O=Cc1occ2c1NC(=O)C(C1CCCCC1)N2. The first-order valence-corrected chi connectivity index (χ1v) is 6.43. The standard InChI is InChI=1S/C13H16N2O3/c16-6-10-12-9(7-18-10)14-11(13(17)15-12)8-4-2-1-3-5-8/h6-8,11,14H,1-5H2,(H,15,17). The highest BCUT2D eigenvalue weighted by molar-refractivity contribution is 6.06. The largest absolute Gasteiger partial charge is 0.457 e. The Hall–Kier alpha value is -1.78. The summed E-state index contributed by atoms with van der Waals surface area (Å²) in [6, 6.07) is -0.199. The quantitative estimate of drug-likeness (QED) is 0.788. The van der Waals surface area contributed by atoms with Gasteiger partial charge in [0.2, 0.25) is 5.91 Å². The Kier molecular flexibility index (Phi) is 2.81. The number of carbonyl (C=O) groups excluding carboxylic acids is 2. The van der Waals surface area contributed by atoms with E-state index in [1.807, 2.05) is 0 Å². The summed E-state index contributed by atoms with van der Waals surface area (Å²) in [4.78, 5) is 22.8. The zero-order valence-corrected chi connectivity index (χ0v) is 10.1. The summed E-state index contributed by atoms with van der Waals surface area (Å²) in [6.45, 7) is 0. The molecule has 1 amide bonds. The Labute approximate surface area is 105 Å². The van der Waals surface area contributed by atoms with Gasteiger partial charge in [-0.1, -0.05) is 19.3 Å². The van der Waals surface area contributed by atoms with Crippen LogP contribution in [0, 0.1) is 5.92 Å². The second-order valence-corrected chi connectivity index (χ2v) is 5.02. The Morgan fingerprint density at radius 3 is 2.78 bits per heavy atom. The maximum absolute atomic E-state index is 12.1. The monoisotopic (exact) mass is 248 g/mol. The fourth-order valence-corrected chi connectivity index (χ4v) is 2.93.